The SMILES string of the molecule is COc1cc(C2CCCN2)cc(OC)c1F. The molecule has 0 aromatic heterocycles. The first-order valence-corrected chi connectivity index (χ1v) is 5.41. The van der Waals surface area contributed by atoms with Crippen LogP contribution in [0.1, 0.15) is 24.4 Å². The van der Waals surface area contributed by atoms with Gasteiger partial charge in [0, 0.05) is 6.04 Å². The number of hydrogen-bond acceptors (Lipinski definition) is 3. The van der Waals surface area contributed by atoms with Crippen LogP contribution in [-0.2, 0) is 0 Å². The summed E-state index contributed by atoms with van der Waals surface area (Å²) < 4.78 is 23.7. The molecule has 1 unspecified atom stereocenters. The molecule has 1 N–H and O–H groups in total. The molecule has 1 aliphatic heterocycles. The second kappa shape index (κ2) is 4.70. The van der Waals surface area contributed by atoms with Gasteiger partial charge in [0.1, 0.15) is 0 Å². The van der Waals surface area contributed by atoms with Crippen LogP contribution in [0.5, 0.6) is 11.5 Å². The van der Waals surface area contributed by atoms with E-state index in [1.54, 1.807) is 12.1 Å². The van der Waals surface area contributed by atoms with Crippen LogP contribution in [0.25, 0.3) is 0 Å². The molecule has 1 aromatic rings. The molecule has 1 heterocycles. The molecule has 3 nitrogen and oxygen atoms in total. The molecular formula is C12H16FNO2. The molecule has 88 valence electrons. The number of nitrogens with one attached hydrogen (secondary N) is 1. The standard InChI is InChI=1S/C12H16FNO2/c1-15-10-6-8(9-4-3-5-14-9)7-11(16-2)12(10)13/h6-7,9,14H,3-5H2,1-2H3. The summed E-state index contributed by atoms with van der Waals surface area (Å²) in [5.74, 6) is 0.0397. The van der Waals surface area contributed by atoms with Crippen molar-refractivity contribution in [2.75, 3.05) is 20.8 Å². The van der Waals surface area contributed by atoms with Crippen LogP contribution < -0.4 is 14.8 Å². The summed E-state index contributed by atoms with van der Waals surface area (Å²) in [7, 11) is 2.92. The number of methoxy groups -OCH3 is 2. The summed E-state index contributed by atoms with van der Waals surface area (Å²) in [4.78, 5) is 0. The van der Waals surface area contributed by atoms with Gasteiger partial charge in [-0.3, -0.25) is 0 Å². The van der Waals surface area contributed by atoms with E-state index in [1.165, 1.54) is 14.2 Å². The van der Waals surface area contributed by atoms with Gasteiger partial charge >= 0.3 is 0 Å². The normalized spacial score (nSPS) is 19.8. The lowest BCUT2D eigenvalue weighted by Gasteiger charge is -2.14. The van der Waals surface area contributed by atoms with E-state index >= 15 is 0 Å². The van der Waals surface area contributed by atoms with Crippen molar-refractivity contribution in [2.45, 2.75) is 18.9 Å². The molecule has 1 atom stereocenters. The van der Waals surface area contributed by atoms with Crippen molar-refractivity contribution in [1.82, 2.24) is 5.32 Å². The molecule has 0 bridgehead atoms. The Kier molecular flexibility index (Phi) is 3.29. The molecule has 0 amide bonds. The number of hydrogen-bond donors (Lipinski definition) is 1. The molecule has 1 saturated heterocycles. The molecule has 1 fully saturated rings. The summed E-state index contributed by atoms with van der Waals surface area (Å²) in [5.41, 5.74) is 1.02. The van der Waals surface area contributed by atoms with Crippen molar-refractivity contribution in [2.24, 2.45) is 0 Å². The van der Waals surface area contributed by atoms with Gasteiger partial charge in [-0.25, -0.2) is 0 Å². The summed E-state index contributed by atoms with van der Waals surface area (Å²) in [6.45, 7) is 1.01. The Bertz CT molecular complexity index is 350. The monoisotopic (exact) mass is 225 g/mol. The first kappa shape index (κ1) is 11.2. The highest BCUT2D eigenvalue weighted by atomic mass is 19.1. The number of halogens is 1. The third-order valence-corrected chi connectivity index (χ3v) is 2.93. The minimum absolute atomic E-state index is 0.239. The third kappa shape index (κ3) is 1.97. The molecule has 4 heteroatoms. The Morgan fingerprint density at radius 2 is 1.88 bits per heavy atom. The summed E-state index contributed by atoms with van der Waals surface area (Å²) in [6.07, 6.45) is 2.21. The van der Waals surface area contributed by atoms with Crippen molar-refractivity contribution in [3.8, 4) is 11.5 Å². The maximum atomic E-state index is 13.7. The zero-order valence-corrected chi connectivity index (χ0v) is 9.55. The highest BCUT2D eigenvalue weighted by molar-refractivity contribution is 5.42. The minimum Gasteiger partial charge on any atom is -0.494 e. The van der Waals surface area contributed by atoms with Gasteiger partial charge in [0.25, 0.3) is 0 Å². The van der Waals surface area contributed by atoms with Crippen molar-refractivity contribution < 1.29 is 13.9 Å². The molecular weight excluding hydrogens is 209 g/mol. The molecule has 1 aromatic carbocycles. The number of ether oxygens (including phenoxy) is 2. The zero-order chi connectivity index (χ0) is 11.5. The topological polar surface area (TPSA) is 30.5 Å². The predicted octanol–water partition coefficient (Wildman–Crippen LogP) is 2.27. The Morgan fingerprint density at radius 3 is 2.31 bits per heavy atom. The maximum absolute atomic E-state index is 13.7. The lowest BCUT2D eigenvalue weighted by atomic mass is 10.0. The zero-order valence-electron chi connectivity index (χ0n) is 9.55. The average Bonchev–Trinajstić information content (AvgIpc) is 2.83. The lowest BCUT2D eigenvalue weighted by Crippen LogP contribution is -2.13. The van der Waals surface area contributed by atoms with E-state index in [-0.39, 0.29) is 17.5 Å². The Hall–Kier alpha value is -1.29. The van der Waals surface area contributed by atoms with E-state index in [1.807, 2.05) is 0 Å². The molecule has 0 saturated carbocycles. The van der Waals surface area contributed by atoms with E-state index in [0.717, 1.165) is 24.9 Å². The van der Waals surface area contributed by atoms with E-state index in [0.29, 0.717) is 0 Å². The van der Waals surface area contributed by atoms with Crippen LogP contribution in [0.3, 0.4) is 0 Å². The van der Waals surface area contributed by atoms with Gasteiger partial charge in [0.15, 0.2) is 11.5 Å². The molecule has 0 aliphatic carbocycles. The van der Waals surface area contributed by atoms with Crippen molar-refractivity contribution >= 4 is 0 Å². The fourth-order valence-electron chi connectivity index (χ4n) is 2.06. The molecule has 1 aliphatic rings. The van der Waals surface area contributed by atoms with Crippen molar-refractivity contribution in [3.05, 3.63) is 23.5 Å². The third-order valence-electron chi connectivity index (χ3n) is 2.93. The second-order valence-electron chi connectivity index (χ2n) is 3.89. The van der Waals surface area contributed by atoms with Gasteiger partial charge in [-0.2, -0.15) is 4.39 Å². The Morgan fingerprint density at radius 1 is 1.25 bits per heavy atom. The smallest absolute Gasteiger partial charge is 0.206 e. The van der Waals surface area contributed by atoms with E-state index in [9.17, 15) is 4.39 Å². The van der Waals surface area contributed by atoms with Crippen LogP contribution >= 0.6 is 0 Å². The molecule has 0 spiro atoms. The fourth-order valence-corrected chi connectivity index (χ4v) is 2.06. The highest BCUT2D eigenvalue weighted by Gasteiger charge is 2.20. The summed E-state index contributed by atoms with van der Waals surface area (Å²) in [5, 5.41) is 3.36. The first-order valence-electron chi connectivity index (χ1n) is 5.41. The number of benzene rings is 1. The Balaban J connectivity index is 2.37. The van der Waals surface area contributed by atoms with Crippen LogP contribution in [0.15, 0.2) is 12.1 Å². The minimum atomic E-state index is -0.438. The molecule has 16 heavy (non-hydrogen) atoms. The van der Waals surface area contributed by atoms with Crippen LogP contribution in [-0.4, -0.2) is 20.8 Å². The fraction of sp³-hybridized carbons (Fsp3) is 0.500. The quantitative estimate of drug-likeness (QED) is 0.856. The van der Waals surface area contributed by atoms with Crippen LogP contribution in [0.2, 0.25) is 0 Å². The Labute approximate surface area is 94.6 Å². The first-order chi connectivity index (χ1) is 7.76. The van der Waals surface area contributed by atoms with E-state index < -0.39 is 5.82 Å². The predicted molar refractivity (Wildman–Crippen MR) is 59.5 cm³/mol. The molecule has 2 rings (SSSR count). The number of rotatable bonds is 3. The second-order valence-corrected chi connectivity index (χ2v) is 3.89. The van der Waals surface area contributed by atoms with E-state index in [4.69, 9.17) is 9.47 Å². The maximum Gasteiger partial charge on any atom is 0.206 e. The van der Waals surface area contributed by atoms with Gasteiger partial charge in [-0.05, 0) is 37.1 Å². The van der Waals surface area contributed by atoms with Crippen LogP contribution in [0.4, 0.5) is 4.39 Å². The van der Waals surface area contributed by atoms with Gasteiger partial charge in [-0.1, -0.05) is 0 Å². The summed E-state index contributed by atoms with van der Waals surface area (Å²) >= 11 is 0. The summed E-state index contributed by atoms with van der Waals surface area (Å²) in [6, 6.07) is 3.75. The van der Waals surface area contributed by atoms with E-state index in [2.05, 4.69) is 5.32 Å². The highest BCUT2D eigenvalue weighted by Crippen LogP contribution is 2.33. The van der Waals surface area contributed by atoms with Crippen molar-refractivity contribution in [3.63, 3.8) is 0 Å². The van der Waals surface area contributed by atoms with Crippen LogP contribution in [0, 0.1) is 5.82 Å². The van der Waals surface area contributed by atoms with Gasteiger partial charge < -0.3 is 14.8 Å². The van der Waals surface area contributed by atoms with Gasteiger partial charge in [-0.15, -0.1) is 0 Å². The largest absolute Gasteiger partial charge is 0.494 e. The van der Waals surface area contributed by atoms with Gasteiger partial charge in [0.2, 0.25) is 5.82 Å². The van der Waals surface area contributed by atoms with Gasteiger partial charge in [0.05, 0.1) is 14.2 Å². The van der Waals surface area contributed by atoms with Crippen molar-refractivity contribution in [1.29, 1.82) is 0 Å². The lowest BCUT2D eigenvalue weighted by molar-refractivity contribution is 0.348. The molecule has 0 radical (unpaired) electrons. The average molecular weight is 225 g/mol.